The van der Waals surface area contributed by atoms with Crippen LogP contribution in [0, 0.1) is 19.8 Å². The van der Waals surface area contributed by atoms with Gasteiger partial charge in [-0.25, -0.2) is 0 Å². The molecule has 3 heteroatoms. The molecule has 1 unspecified atom stereocenters. The van der Waals surface area contributed by atoms with Gasteiger partial charge >= 0.3 is 5.97 Å². The second-order valence-corrected chi connectivity index (χ2v) is 4.39. The highest BCUT2D eigenvalue weighted by molar-refractivity contribution is 6.30. The van der Waals surface area contributed by atoms with Crippen LogP contribution in [0.4, 0.5) is 0 Å². The Morgan fingerprint density at radius 3 is 2.60 bits per heavy atom. The summed E-state index contributed by atoms with van der Waals surface area (Å²) in [5, 5.41) is 9.51. The fourth-order valence-corrected chi connectivity index (χ4v) is 1.81. The van der Waals surface area contributed by atoms with Gasteiger partial charge in [-0.1, -0.05) is 18.5 Å². The first-order chi connectivity index (χ1) is 6.91. The lowest BCUT2D eigenvalue weighted by atomic mass is 9.95. The van der Waals surface area contributed by atoms with Crippen LogP contribution in [0.1, 0.15) is 23.6 Å². The summed E-state index contributed by atoms with van der Waals surface area (Å²) in [4.78, 5) is 10.8. The Morgan fingerprint density at radius 2 is 2.07 bits per heavy atom. The summed E-state index contributed by atoms with van der Waals surface area (Å²) in [6, 6.07) is 3.75. The van der Waals surface area contributed by atoms with Gasteiger partial charge in [-0.05, 0) is 49.1 Å². The van der Waals surface area contributed by atoms with Crippen molar-refractivity contribution in [3.63, 3.8) is 0 Å². The van der Waals surface area contributed by atoms with Gasteiger partial charge in [0.2, 0.25) is 0 Å². The van der Waals surface area contributed by atoms with Crippen LogP contribution in [-0.4, -0.2) is 11.1 Å². The van der Waals surface area contributed by atoms with Crippen molar-refractivity contribution in [2.75, 3.05) is 0 Å². The molecule has 2 nitrogen and oxygen atoms in total. The van der Waals surface area contributed by atoms with E-state index >= 15 is 0 Å². The van der Waals surface area contributed by atoms with Crippen molar-refractivity contribution in [3.05, 3.63) is 33.8 Å². The first-order valence-electron chi connectivity index (χ1n) is 4.90. The lowest BCUT2D eigenvalue weighted by molar-refractivity contribution is -0.141. The number of carbonyl (C=O) groups is 1. The van der Waals surface area contributed by atoms with Crippen molar-refractivity contribution < 1.29 is 9.90 Å². The number of hydrogen-bond donors (Lipinski definition) is 1. The molecule has 0 aromatic heterocycles. The third kappa shape index (κ3) is 2.96. The molecule has 15 heavy (non-hydrogen) atoms. The van der Waals surface area contributed by atoms with E-state index in [1.54, 1.807) is 6.92 Å². The number of rotatable bonds is 3. The van der Waals surface area contributed by atoms with E-state index in [1.165, 1.54) is 0 Å². The highest BCUT2D eigenvalue weighted by Crippen LogP contribution is 2.22. The van der Waals surface area contributed by atoms with Crippen molar-refractivity contribution in [1.82, 2.24) is 0 Å². The monoisotopic (exact) mass is 226 g/mol. The molecule has 0 heterocycles. The number of carboxylic acids is 1. The Hall–Kier alpha value is -1.02. The van der Waals surface area contributed by atoms with Gasteiger partial charge < -0.3 is 5.11 Å². The zero-order valence-electron chi connectivity index (χ0n) is 9.17. The van der Waals surface area contributed by atoms with E-state index in [9.17, 15) is 4.79 Å². The summed E-state index contributed by atoms with van der Waals surface area (Å²) in [7, 11) is 0. The van der Waals surface area contributed by atoms with Crippen LogP contribution >= 0.6 is 11.6 Å². The lowest BCUT2D eigenvalue weighted by Gasteiger charge is -2.12. The summed E-state index contributed by atoms with van der Waals surface area (Å²) in [6.07, 6.45) is 0.530. The minimum atomic E-state index is -0.771. The van der Waals surface area contributed by atoms with Crippen molar-refractivity contribution >= 4 is 17.6 Å². The predicted molar refractivity (Wildman–Crippen MR) is 61.4 cm³/mol. The quantitative estimate of drug-likeness (QED) is 0.859. The Bertz CT molecular complexity index is 385. The maximum Gasteiger partial charge on any atom is 0.306 e. The zero-order chi connectivity index (χ0) is 11.6. The topological polar surface area (TPSA) is 37.3 Å². The van der Waals surface area contributed by atoms with Crippen LogP contribution in [0.2, 0.25) is 5.02 Å². The largest absolute Gasteiger partial charge is 0.481 e. The molecule has 1 aromatic rings. The molecule has 1 N–H and O–H groups in total. The molecule has 0 fully saturated rings. The molecule has 1 atom stereocenters. The van der Waals surface area contributed by atoms with Crippen LogP contribution in [0.25, 0.3) is 0 Å². The SMILES string of the molecule is Cc1cc(Cl)cc(CC(C)C(=O)O)c1C. The summed E-state index contributed by atoms with van der Waals surface area (Å²) in [6.45, 7) is 5.68. The van der Waals surface area contributed by atoms with Crippen LogP contribution in [0.15, 0.2) is 12.1 Å². The fraction of sp³-hybridized carbons (Fsp3) is 0.417. The first kappa shape index (κ1) is 12.1. The number of hydrogen-bond acceptors (Lipinski definition) is 1. The summed E-state index contributed by atoms with van der Waals surface area (Å²) >= 11 is 5.94. The molecule has 0 saturated carbocycles. The number of carboxylic acid groups (broad SMARTS) is 1. The maximum absolute atomic E-state index is 10.8. The fourth-order valence-electron chi connectivity index (χ4n) is 1.51. The number of benzene rings is 1. The van der Waals surface area contributed by atoms with Crippen molar-refractivity contribution in [2.24, 2.45) is 5.92 Å². The van der Waals surface area contributed by atoms with Gasteiger partial charge in [0.05, 0.1) is 5.92 Å². The van der Waals surface area contributed by atoms with Crippen molar-refractivity contribution in [1.29, 1.82) is 0 Å². The molecule has 1 rings (SSSR count). The minimum Gasteiger partial charge on any atom is -0.481 e. The lowest BCUT2D eigenvalue weighted by Crippen LogP contribution is -2.13. The average Bonchev–Trinajstić information content (AvgIpc) is 2.13. The Morgan fingerprint density at radius 1 is 1.47 bits per heavy atom. The van der Waals surface area contributed by atoms with Crippen LogP contribution in [0.5, 0.6) is 0 Å². The van der Waals surface area contributed by atoms with Gasteiger partial charge in [-0.3, -0.25) is 4.79 Å². The van der Waals surface area contributed by atoms with E-state index in [1.807, 2.05) is 26.0 Å². The smallest absolute Gasteiger partial charge is 0.306 e. The summed E-state index contributed by atoms with van der Waals surface area (Å²) < 4.78 is 0. The molecule has 0 bridgehead atoms. The molecular formula is C12H15ClO2. The number of aliphatic carboxylic acids is 1. The maximum atomic E-state index is 10.8. The molecule has 82 valence electrons. The van der Waals surface area contributed by atoms with Gasteiger partial charge in [0, 0.05) is 5.02 Å². The number of halogens is 1. The molecule has 0 aliphatic heterocycles. The molecular weight excluding hydrogens is 212 g/mol. The highest BCUT2D eigenvalue weighted by atomic mass is 35.5. The van der Waals surface area contributed by atoms with E-state index in [0.29, 0.717) is 11.4 Å². The van der Waals surface area contributed by atoms with Crippen LogP contribution in [0.3, 0.4) is 0 Å². The van der Waals surface area contributed by atoms with Gasteiger partial charge in [0.15, 0.2) is 0 Å². The second kappa shape index (κ2) is 4.67. The Labute approximate surface area is 94.9 Å². The highest BCUT2D eigenvalue weighted by Gasteiger charge is 2.14. The normalized spacial score (nSPS) is 12.5. The predicted octanol–water partition coefficient (Wildman–Crippen LogP) is 3.22. The van der Waals surface area contributed by atoms with Crippen LogP contribution in [-0.2, 0) is 11.2 Å². The van der Waals surface area contributed by atoms with Gasteiger partial charge in [0.1, 0.15) is 0 Å². The van der Waals surface area contributed by atoms with E-state index in [2.05, 4.69) is 0 Å². The first-order valence-corrected chi connectivity index (χ1v) is 5.28. The van der Waals surface area contributed by atoms with Gasteiger partial charge in [-0.2, -0.15) is 0 Å². The van der Waals surface area contributed by atoms with E-state index < -0.39 is 5.97 Å². The van der Waals surface area contributed by atoms with Crippen LogP contribution < -0.4 is 0 Å². The second-order valence-electron chi connectivity index (χ2n) is 3.95. The van der Waals surface area contributed by atoms with Gasteiger partial charge in [-0.15, -0.1) is 0 Å². The van der Waals surface area contributed by atoms with E-state index in [-0.39, 0.29) is 5.92 Å². The molecule has 0 spiro atoms. The molecule has 0 saturated heterocycles. The molecule has 0 aliphatic rings. The third-order valence-corrected chi connectivity index (χ3v) is 2.91. The molecule has 1 aromatic carbocycles. The molecule has 0 aliphatic carbocycles. The number of aryl methyl sites for hydroxylation is 1. The average molecular weight is 227 g/mol. The van der Waals surface area contributed by atoms with Gasteiger partial charge in [0.25, 0.3) is 0 Å². The molecule has 0 radical (unpaired) electrons. The summed E-state index contributed by atoms with van der Waals surface area (Å²) in [5.74, 6) is -1.14. The Balaban J connectivity index is 2.99. The Kier molecular flexibility index (Phi) is 3.75. The van der Waals surface area contributed by atoms with E-state index in [0.717, 1.165) is 16.7 Å². The standard InChI is InChI=1S/C12H15ClO2/c1-7-5-11(13)6-10(9(7)3)4-8(2)12(14)15/h5-6,8H,4H2,1-3H3,(H,14,15). The molecule has 0 amide bonds. The van der Waals surface area contributed by atoms with Crippen molar-refractivity contribution in [3.8, 4) is 0 Å². The summed E-state index contributed by atoms with van der Waals surface area (Å²) in [5.41, 5.74) is 3.26. The minimum absolute atomic E-state index is 0.374. The third-order valence-electron chi connectivity index (χ3n) is 2.69. The van der Waals surface area contributed by atoms with Crippen molar-refractivity contribution in [2.45, 2.75) is 27.2 Å². The van der Waals surface area contributed by atoms with E-state index in [4.69, 9.17) is 16.7 Å². The zero-order valence-corrected chi connectivity index (χ0v) is 9.93.